The molecule has 3 nitrogen and oxygen atoms in total. The summed E-state index contributed by atoms with van der Waals surface area (Å²) in [4.78, 5) is 11.2. The van der Waals surface area contributed by atoms with Gasteiger partial charge in [0.2, 0.25) is 0 Å². The van der Waals surface area contributed by atoms with Crippen molar-refractivity contribution in [2.75, 3.05) is 7.11 Å². The fourth-order valence-electron chi connectivity index (χ4n) is 1.54. The van der Waals surface area contributed by atoms with Gasteiger partial charge >= 0.3 is 0 Å². The number of carbonyl (C=O) groups is 1. The highest BCUT2D eigenvalue weighted by Crippen LogP contribution is 2.31. The van der Waals surface area contributed by atoms with Crippen LogP contribution in [0.4, 0.5) is 0 Å². The lowest BCUT2D eigenvalue weighted by Gasteiger charge is -2.15. The SMILES string of the molecule is COc1cc(C#C[Si](C)(C)C)c(C=O)cc1OC(C)C. The normalized spacial score (nSPS) is 10.8. The summed E-state index contributed by atoms with van der Waals surface area (Å²) in [7, 11) is 0.0900. The largest absolute Gasteiger partial charge is 0.493 e. The predicted molar refractivity (Wildman–Crippen MR) is 84.4 cm³/mol. The van der Waals surface area contributed by atoms with E-state index in [4.69, 9.17) is 9.47 Å². The zero-order valence-electron chi connectivity index (χ0n) is 13.0. The van der Waals surface area contributed by atoms with Crippen molar-refractivity contribution >= 4 is 14.4 Å². The molecule has 0 atom stereocenters. The van der Waals surface area contributed by atoms with Gasteiger partial charge in [-0.2, -0.15) is 0 Å². The fourth-order valence-corrected chi connectivity index (χ4v) is 2.05. The van der Waals surface area contributed by atoms with Gasteiger partial charge < -0.3 is 9.47 Å². The smallest absolute Gasteiger partial charge is 0.162 e. The summed E-state index contributed by atoms with van der Waals surface area (Å²) in [6.07, 6.45) is 0.822. The Bertz CT molecular complexity index is 545. The first-order valence-corrected chi connectivity index (χ1v) is 10.1. The summed E-state index contributed by atoms with van der Waals surface area (Å²) < 4.78 is 11.0. The Kier molecular flexibility index (Phi) is 5.40. The summed E-state index contributed by atoms with van der Waals surface area (Å²) in [5.74, 6) is 4.28. The molecule has 0 heterocycles. The molecule has 0 radical (unpaired) electrons. The summed E-state index contributed by atoms with van der Waals surface area (Å²) in [5.41, 5.74) is 4.48. The van der Waals surface area contributed by atoms with Crippen molar-refractivity contribution in [2.45, 2.75) is 39.6 Å². The van der Waals surface area contributed by atoms with E-state index in [9.17, 15) is 4.79 Å². The van der Waals surface area contributed by atoms with Gasteiger partial charge in [-0.25, -0.2) is 0 Å². The molecule has 0 spiro atoms. The molecule has 0 aliphatic rings. The second-order valence-electron chi connectivity index (χ2n) is 5.87. The van der Waals surface area contributed by atoms with Crippen LogP contribution in [0.3, 0.4) is 0 Å². The number of carbonyl (C=O) groups excluding carboxylic acids is 1. The minimum absolute atomic E-state index is 0.0160. The molecule has 0 aliphatic carbocycles. The maximum absolute atomic E-state index is 11.2. The molecular formula is C16H22O3Si. The maximum Gasteiger partial charge on any atom is 0.162 e. The highest BCUT2D eigenvalue weighted by molar-refractivity contribution is 6.83. The Morgan fingerprint density at radius 3 is 2.30 bits per heavy atom. The molecule has 0 saturated carbocycles. The highest BCUT2D eigenvalue weighted by Gasteiger charge is 2.13. The second kappa shape index (κ2) is 6.62. The van der Waals surface area contributed by atoms with Crippen LogP contribution in [-0.2, 0) is 0 Å². The predicted octanol–water partition coefficient (Wildman–Crippen LogP) is 3.52. The quantitative estimate of drug-likeness (QED) is 0.483. The van der Waals surface area contributed by atoms with Crippen LogP contribution in [0.5, 0.6) is 11.5 Å². The number of ether oxygens (including phenoxy) is 2. The molecule has 1 rings (SSSR count). The van der Waals surface area contributed by atoms with Crippen molar-refractivity contribution in [3.8, 4) is 23.0 Å². The molecule has 4 heteroatoms. The van der Waals surface area contributed by atoms with Gasteiger partial charge in [-0.05, 0) is 19.9 Å². The minimum Gasteiger partial charge on any atom is -0.493 e. The molecular weight excluding hydrogens is 268 g/mol. The highest BCUT2D eigenvalue weighted by atomic mass is 28.3. The fraction of sp³-hybridized carbons (Fsp3) is 0.438. The minimum atomic E-state index is -1.49. The number of rotatable bonds is 4. The molecule has 20 heavy (non-hydrogen) atoms. The summed E-state index contributed by atoms with van der Waals surface area (Å²) in [6, 6.07) is 3.47. The molecule has 0 aromatic heterocycles. The van der Waals surface area contributed by atoms with Crippen molar-refractivity contribution in [3.63, 3.8) is 0 Å². The van der Waals surface area contributed by atoms with Gasteiger partial charge in [0.25, 0.3) is 0 Å². The van der Waals surface area contributed by atoms with E-state index in [1.807, 2.05) is 13.8 Å². The molecule has 0 N–H and O–H groups in total. The maximum atomic E-state index is 11.2. The number of hydrogen-bond acceptors (Lipinski definition) is 3. The monoisotopic (exact) mass is 290 g/mol. The Balaban J connectivity index is 3.31. The molecule has 0 fully saturated rings. The summed E-state index contributed by atoms with van der Waals surface area (Å²) in [6.45, 7) is 10.3. The van der Waals surface area contributed by atoms with Crippen LogP contribution in [0.1, 0.15) is 29.8 Å². The Morgan fingerprint density at radius 1 is 1.20 bits per heavy atom. The average Bonchev–Trinajstić information content (AvgIpc) is 2.34. The van der Waals surface area contributed by atoms with Gasteiger partial charge in [0, 0.05) is 17.2 Å². The van der Waals surface area contributed by atoms with E-state index >= 15 is 0 Å². The molecule has 0 amide bonds. The van der Waals surface area contributed by atoms with Crippen molar-refractivity contribution < 1.29 is 14.3 Å². The third-order valence-electron chi connectivity index (χ3n) is 2.40. The Hall–Kier alpha value is -1.73. The first-order valence-electron chi connectivity index (χ1n) is 6.64. The summed E-state index contributed by atoms with van der Waals surface area (Å²) in [5, 5.41) is 0. The third-order valence-corrected chi connectivity index (χ3v) is 3.27. The van der Waals surface area contributed by atoms with Gasteiger partial charge in [0.05, 0.1) is 13.2 Å². The summed E-state index contributed by atoms with van der Waals surface area (Å²) >= 11 is 0. The van der Waals surface area contributed by atoms with Crippen LogP contribution >= 0.6 is 0 Å². The zero-order chi connectivity index (χ0) is 15.3. The van der Waals surface area contributed by atoms with Crippen molar-refractivity contribution in [3.05, 3.63) is 23.3 Å². The van der Waals surface area contributed by atoms with E-state index in [0.717, 1.165) is 6.29 Å². The van der Waals surface area contributed by atoms with E-state index in [1.165, 1.54) is 0 Å². The average molecular weight is 290 g/mol. The van der Waals surface area contributed by atoms with Crippen molar-refractivity contribution in [1.82, 2.24) is 0 Å². The van der Waals surface area contributed by atoms with Crippen molar-refractivity contribution in [1.29, 1.82) is 0 Å². The van der Waals surface area contributed by atoms with Crippen LogP contribution in [-0.4, -0.2) is 27.6 Å². The van der Waals surface area contributed by atoms with Gasteiger partial charge in [0.1, 0.15) is 8.07 Å². The molecule has 0 saturated heterocycles. The number of hydrogen-bond donors (Lipinski definition) is 0. The lowest BCUT2D eigenvalue weighted by molar-refractivity contribution is 0.112. The number of benzene rings is 1. The Morgan fingerprint density at radius 2 is 1.85 bits per heavy atom. The number of methoxy groups -OCH3 is 1. The number of aldehydes is 1. The lowest BCUT2D eigenvalue weighted by Crippen LogP contribution is -2.16. The van der Waals surface area contributed by atoms with Crippen LogP contribution < -0.4 is 9.47 Å². The third kappa shape index (κ3) is 4.75. The van der Waals surface area contributed by atoms with Crippen LogP contribution in [0, 0.1) is 11.5 Å². The van der Waals surface area contributed by atoms with Gasteiger partial charge in [-0.15, -0.1) is 5.54 Å². The topological polar surface area (TPSA) is 35.5 Å². The van der Waals surface area contributed by atoms with Gasteiger partial charge in [-0.3, -0.25) is 4.79 Å². The van der Waals surface area contributed by atoms with Crippen LogP contribution in [0.25, 0.3) is 0 Å². The first kappa shape index (κ1) is 16.3. The molecule has 108 valence electrons. The molecule has 1 aromatic rings. The molecule has 0 bridgehead atoms. The van der Waals surface area contributed by atoms with Gasteiger partial charge in [0.15, 0.2) is 17.8 Å². The standard InChI is InChI=1S/C16H22O3Si/c1-12(2)19-16-10-14(11-17)13(9-15(16)18-3)7-8-20(4,5)6/h9-12H,1-6H3. The van der Waals surface area contributed by atoms with Gasteiger partial charge in [-0.1, -0.05) is 25.6 Å². The lowest BCUT2D eigenvalue weighted by atomic mass is 10.1. The second-order valence-corrected chi connectivity index (χ2v) is 10.6. The van der Waals surface area contributed by atoms with Crippen molar-refractivity contribution in [2.24, 2.45) is 0 Å². The van der Waals surface area contributed by atoms with E-state index < -0.39 is 8.07 Å². The molecule has 0 unspecified atom stereocenters. The van der Waals surface area contributed by atoms with Crippen LogP contribution in [0.2, 0.25) is 19.6 Å². The van der Waals surface area contributed by atoms with E-state index in [2.05, 4.69) is 31.1 Å². The van der Waals surface area contributed by atoms with E-state index in [0.29, 0.717) is 22.6 Å². The van der Waals surface area contributed by atoms with E-state index in [-0.39, 0.29) is 6.10 Å². The van der Waals surface area contributed by atoms with Crippen LogP contribution in [0.15, 0.2) is 12.1 Å². The molecule has 0 aliphatic heterocycles. The van der Waals surface area contributed by atoms with E-state index in [1.54, 1.807) is 19.2 Å². The first-order chi connectivity index (χ1) is 9.26. The Labute approximate surface area is 122 Å². The zero-order valence-corrected chi connectivity index (χ0v) is 14.0. The molecule has 1 aromatic carbocycles.